The summed E-state index contributed by atoms with van der Waals surface area (Å²) in [6, 6.07) is 2.78. The van der Waals surface area contributed by atoms with Crippen molar-refractivity contribution < 1.29 is 4.39 Å². The zero-order valence-corrected chi connectivity index (χ0v) is 7.04. The van der Waals surface area contributed by atoms with Gasteiger partial charge in [-0.25, -0.2) is 4.39 Å². The van der Waals surface area contributed by atoms with E-state index in [2.05, 4.69) is 15.2 Å². The van der Waals surface area contributed by atoms with Gasteiger partial charge in [-0.15, -0.1) is 0 Å². The van der Waals surface area contributed by atoms with Crippen molar-refractivity contribution in [3.05, 3.63) is 34.5 Å². The number of aromatic amines is 2. The summed E-state index contributed by atoms with van der Waals surface area (Å²) < 4.78 is 13.2. The predicted octanol–water partition coefficient (Wildman–Crippen LogP) is 0.486. The molecule has 0 radical (unpaired) electrons. The van der Waals surface area contributed by atoms with Crippen molar-refractivity contribution >= 4 is 5.82 Å². The summed E-state index contributed by atoms with van der Waals surface area (Å²) in [7, 11) is 0. The molecule has 2 rings (SSSR count). The highest BCUT2D eigenvalue weighted by Gasteiger charge is 2.11. The molecule has 0 saturated heterocycles. The van der Waals surface area contributed by atoms with Gasteiger partial charge in [0, 0.05) is 17.8 Å². The van der Waals surface area contributed by atoms with Crippen molar-refractivity contribution in [2.24, 2.45) is 0 Å². The molecule has 2 aromatic rings. The van der Waals surface area contributed by atoms with Gasteiger partial charge in [-0.1, -0.05) is 0 Å². The molecule has 0 aliphatic rings. The number of nitrogens with zero attached hydrogens (tertiary/aromatic N) is 1. The molecule has 0 aliphatic heterocycles. The fourth-order valence-electron chi connectivity index (χ4n) is 1.10. The number of aromatic nitrogens is 3. The summed E-state index contributed by atoms with van der Waals surface area (Å²) in [5.41, 5.74) is 5.63. The van der Waals surface area contributed by atoms with E-state index in [0.29, 0.717) is 5.56 Å². The van der Waals surface area contributed by atoms with E-state index in [0.717, 1.165) is 0 Å². The average Bonchev–Trinajstić information content (AvgIpc) is 2.50. The number of anilines is 1. The number of nitrogens with two attached hydrogens (primary N) is 1. The van der Waals surface area contributed by atoms with Gasteiger partial charge in [-0.05, 0) is 6.07 Å². The molecule has 0 aromatic carbocycles. The van der Waals surface area contributed by atoms with Gasteiger partial charge in [0.1, 0.15) is 5.69 Å². The van der Waals surface area contributed by atoms with Gasteiger partial charge in [0.2, 0.25) is 5.56 Å². The first kappa shape index (κ1) is 8.49. The molecule has 5 nitrogen and oxygen atoms in total. The van der Waals surface area contributed by atoms with Crippen LogP contribution in [0.15, 0.2) is 23.1 Å². The van der Waals surface area contributed by atoms with E-state index in [4.69, 9.17) is 5.73 Å². The van der Waals surface area contributed by atoms with Gasteiger partial charge in [-0.2, -0.15) is 5.10 Å². The molecule has 0 saturated carbocycles. The number of hydrogen-bond acceptors (Lipinski definition) is 3. The maximum absolute atomic E-state index is 13.2. The largest absolute Gasteiger partial charge is 0.380 e. The molecule has 0 spiro atoms. The second-order valence-corrected chi connectivity index (χ2v) is 2.74. The molecule has 0 bridgehead atoms. The predicted molar refractivity (Wildman–Crippen MR) is 49.0 cm³/mol. The molecule has 4 N–H and O–H groups in total. The minimum absolute atomic E-state index is 0.166. The smallest absolute Gasteiger partial charge is 0.247 e. The molecule has 0 atom stereocenters. The summed E-state index contributed by atoms with van der Waals surface area (Å²) in [5, 5.41) is 5.94. The first-order chi connectivity index (χ1) is 6.68. The number of rotatable bonds is 1. The highest BCUT2D eigenvalue weighted by Crippen LogP contribution is 2.21. The third-order valence-electron chi connectivity index (χ3n) is 1.81. The van der Waals surface area contributed by atoms with Gasteiger partial charge in [0.05, 0.1) is 0 Å². The summed E-state index contributed by atoms with van der Waals surface area (Å²) in [4.78, 5) is 13.2. The normalized spacial score (nSPS) is 10.4. The Balaban J connectivity index is 2.55. The number of nitrogens with one attached hydrogen (secondary N) is 2. The zero-order chi connectivity index (χ0) is 10.1. The molecule has 6 heteroatoms. The van der Waals surface area contributed by atoms with Crippen molar-refractivity contribution in [2.75, 3.05) is 5.73 Å². The lowest BCUT2D eigenvalue weighted by Gasteiger charge is -1.95. The van der Waals surface area contributed by atoms with Crippen LogP contribution < -0.4 is 11.3 Å². The van der Waals surface area contributed by atoms with Crippen LogP contribution in [0.25, 0.3) is 11.3 Å². The first-order valence-corrected chi connectivity index (χ1v) is 3.87. The van der Waals surface area contributed by atoms with Crippen molar-refractivity contribution in [1.82, 2.24) is 15.2 Å². The Bertz CT molecular complexity index is 496. The molecule has 2 heterocycles. The molecular formula is C8H7FN4O. The van der Waals surface area contributed by atoms with Crippen LogP contribution in [0.3, 0.4) is 0 Å². The van der Waals surface area contributed by atoms with Crippen LogP contribution in [0.4, 0.5) is 10.2 Å². The van der Waals surface area contributed by atoms with Crippen molar-refractivity contribution in [2.45, 2.75) is 0 Å². The number of pyridine rings is 1. The number of hydrogen-bond donors (Lipinski definition) is 3. The summed E-state index contributed by atoms with van der Waals surface area (Å²) in [5.74, 6) is -0.803. The Morgan fingerprint density at radius 3 is 2.71 bits per heavy atom. The highest BCUT2D eigenvalue weighted by atomic mass is 19.1. The summed E-state index contributed by atoms with van der Waals surface area (Å²) in [6.45, 7) is 0. The monoisotopic (exact) mass is 194 g/mol. The van der Waals surface area contributed by atoms with Crippen molar-refractivity contribution in [1.29, 1.82) is 0 Å². The third kappa shape index (κ3) is 1.26. The minimum atomic E-state index is -0.614. The van der Waals surface area contributed by atoms with E-state index in [-0.39, 0.29) is 17.1 Å². The number of nitrogen functional groups attached to an aromatic ring is 1. The topological polar surface area (TPSA) is 87.6 Å². The second-order valence-electron chi connectivity index (χ2n) is 2.74. The van der Waals surface area contributed by atoms with Gasteiger partial charge < -0.3 is 10.7 Å². The fraction of sp³-hybridized carbons (Fsp3) is 0. The van der Waals surface area contributed by atoms with Crippen LogP contribution in [0.1, 0.15) is 0 Å². The molecule has 0 amide bonds. The Kier molecular flexibility index (Phi) is 1.81. The van der Waals surface area contributed by atoms with Crippen molar-refractivity contribution in [3.63, 3.8) is 0 Å². The highest BCUT2D eigenvalue weighted by molar-refractivity contribution is 5.61. The van der Waals surface area contributed by atoms with Crippen LogP contribution in [0, 0.1) is 5.82 Å². The van der Waals surface area contributed by atoms with E-state index in [9.17, 15) is 9.18 Å². The number of halogens is 1. The maximum Gasteiger partial charge on any atom is 0.247 e. The van der Waals surface area contributed by atoms with E-state index in [1.54, 1.807) is 0 Å². The van der Waals surface area contributed by atoms with E-state index in [1.165, 1.54) is 18.3 Å². The summed E-state index contributed by atoms with van der Waals surface area (Å²) >= 11 is 0. The average molecular weight is 194 g/mol. The van der Waals surface area contributed by atoms with Gasteiger partial charge in [0.15, 0.2) is 11.6 Å². The van der Waals surface area contributed by atoms with Gasteiger partial charge in [-0.3, -0.25) is 9.89 Å². The Morgan fingerprint density at radius 2 is 2.21 bits per heavy atom. The maximum atomic E-state index is 13.2. The van der Waals surface area contributed by atoms with Crippen LogP contribution in [0.5, 0.6) is 0 Å². The Hall–Kier alpha value is -2.11. The van der Waals surface area contributed by atoms with Crippen LogP contribution >= 0.6 is 0 Å². The van der Waals surface area contributed by atoms with Crippen LogP contribution in [-0.2, 0) is 0 Å². The molecule has 0 unspecified atom stereocenters. The van der Waals surface area contributed by atoms with E-state index >= 15 is 0 Å². The molecular weight excluding hydrogens is 187 g/mol. The lowest BCUT2D eigenvalue weighted by atomic mass is 10.2. The van der Waals surface area contributed by atoms with Crippen molar-refractivity contribution in [3.8, 4) is 11.3 Å². The third-order valence-corrected chi connectivity index (χ3v) is 1.81. The first-order valence-electron chi connectivity index (χ1n) is 3.87. The molecule has 0 aliphatic carbocycles. The van der Waals surface area contributed by atoms with Crippen LogP contribution in [0.2, 0.25) is 0 Å². The van der Waals surface area contributed by atoms with Crippen LogP contribution in [-0.4, -0.2) is 15.2 Å². The molecule has 72 valence electrons. The molecule has 0 fully saturated rings. The lowest BCUT2D eigenvalue weighted by molar-refractivity contribution is 0.636. The fourth-order valence-corrected chi connectivity index (χ4v) is 1.10. The standard InChI is InChI=1S/C8H7FN4O/c9-6-7(12-13-8(6)10)4-1-2-5(14)11-3-4/h1-3H,(H,11,14)(H3,10,12,13). The Labute approximate surface area is 77.8 Å². The SMILES string of the molecule is Nc1n[nH]c(-c2ccc(=O)[nH]c2)c1F. The van der Waals surface area contributed by atoms with E-state index < -0.39 is 5.82 Å². The van der Waals surface area contributed by atoms with Gasteiger partial charge >= 0.3 is 0 Å². The Morgan fingerprint density at radius 1 is 1.43 bits per heavy atom. The van der Waals surface area contributed by atoms with E-state index in [1.807, 2.05) is 0 Å². The number of H-pyrrole nitrogens is 2. The second kappa shape index (κ2) is 2.99. The van der Waals surface area contributed by atoms with Gasteiger partial charge in [0.25, 0.3) is 0 Å². The quantitative estimate of drug-likeness (QED) is 0.617. The lowest BCUT2D eigenvalue weighted by Crippen LogP contribution is -2.01. The summed E-state index contributed by atoms with van der Waals surface area (Å²) in [6.07, 6.45) is 1.39. The molecule has 2 aromatic heterocycles. The zero-order valence-electron chi connectivity index (χ0n) is 7.04. The minimum Gasteiger partial charge on any atom is -0.380 e. The molecule has 14 heavy (non-hydrogen) atoms.